The molecule has 2 aromatic rings. The Morgan fingerprint density at radius 2 is 2.12 bits per heavy atom. The molecule has 3 rings (SSSR count). The number of anilines is 1. The summed E-state index contributed by atoms with van der Waals surface area (Å²) in [4.78, 5) is 25.6. The van der Waals surface area contributed by atoms with Gasteiger partial charge in [-0.15, -0.1) is 0 Å². The van der Waals surface area contributed by atoms with Crippen LogP contribution in [0.1, 0.15) is 33.6 Å². The van der Waals surface area contributed by atoms with E-state index >= 15 is 0 Å². The third kappa shape index (κ3) is 3.97. The Morgan fingerprint density at radius 3 is 2.84 bits per heavy atom. The van der Waals surface area contributed by atoms with Crippen LogP contribution in [0.3, 0.4) is 0 Å². The summed E-state index contributed by atoms with van der Waals surface area (Å²) >= 11 is 0. The zero-order valence-corrected chi connectivity index (χ0v) is 15.2. The number of benzene rings is 1. The van der Waals surface area contributed by atoms with Gasteiger partial charge in [-0.3, -0.25) is 4.57 Å². The van der Waals surface area contributed by atoms with Gasteiger partial charge in [0.2, 0.25) is 0 Å². The molecule has 1 amide bonds. The van der Waals surface area contributed by atoms with Crippen LogP contribution in [-0.4, -0.2) is 40.3 Å². The minimum atomic E-state index is -0.493. The number of aromatic nitrogens is 1. The summed E-state index contributed by atoms with van der Waals surface area (Å²) in [7, 11) is 1.68. The van der Waals surface area contributed by atoms with Crippen molar-refractivity contribution in [2.75, 3.05) is 18.4 Å². The van der Waals surface area contributed by atoms with E-state index in [4.69, 9.17) is 9.15 Å². The summed E-state index contributed by atoms with van der Waals surface area (Å²) < 4.78 is 12.2. The molecule has 136 valence electrons. The summed E-state index contributed by atoms with van der Waals surface area (Å²) in [6.07, 6.45) is 1.61. The topological polar surface area (TPSA) is 76.7 Å². The fourth-order valence-electron chi connectivity index (χ4n) is 3.05. The van der Waals surface area contributed by atoms with Crippen molar-refractivity contribution in [3.8, 4) is 0 Å². The first-order valence-corrected chi connectivity index (χ1v) is 8.57. The fraction of sp³-hybridized carbons (Fsp3) is 0.556. The van der Waals surface area contributed by atoms with Crippen molar-refractivity contribution < 1.29 is 13.9 Å². The van der Waals surface area contributed by atoms with Crippen molar-refractivity contribution in [3.63, 3.8) is 0 Å². The zero-order valence-electron chi connectivity index (χ0n) is 15.2. The number of oxazole rings is 1. The summed E-state index contributed by atoms with van der Waals surface area (Å²) in [5.74, 6) is -0.374. The van der Waals surface area contributed by atoms with Gasteiger partial charge in [0.05, 0.1) is 5.52 Å². The number of piperidine rings is 1. The molecular weight excluding hydrogens is 322 g/mol. The first-order chi connectivity index (χ1) is 11.7. The van der Waals surface area contributed by atoms with Crippen LogP contribution >= 0.6 is 0 Å². The summed E-state index contributed by atoms with van der Waals surface area (Å²) in [5.41, 5.74) is 1.69. The van der Waals surface area contributed by atoms with Gasteiger partial charge in [-0.25, -0.2) is 9.59 Å². The lowest BCUT2D eigenvalue weighted by atomic mass is 10.1. The maximum Gasteiger partial charge on any atom is 0.419 e. The first kappa shape index (κ1) is 17.4. The number of ether oxygens (including phenoxy) is 1. The second kappa shape index (κ2) is 6.46. The molecule has 1 fully saturated rings. The molecule has 1 saturated heterocycles. The number of nitrogens with zero attached hydrogens (tertiary/aromatic N) is 2. The molecule has 0 spiro atoms. The number of amides is 1. The maximum absolute atomic E-state index is 12.3. The monoisotopic (exact) mass is 347 g/mol. The van der Waals surface area contributed by atoms with Crippen molar-refractivity contribution in [3.05, 3.63) is 28.7 Å². The van der Waals surface area contributed by atoms with Gasteiger partial charge in [0.15, 0.2) is 5.58 Å². The number of rotatable bonds is 2. The molecule has 1 aromatic carbocycles. The molecule has 0 unspecified atom stereocenters. The summed E-state index contributed by atoms with van der Waals surface area (Å²) in [5, 5.41) is 3.43. The average Bonchev–Trinajstić information content (AvgIpc) is 2.80. The van der Waals surface area contributed by atoms with E-state index in [0.717, 1.165) is 24.0 Å². The lowest BCUT2D eigenvalue weighted by molar-refractivity contribution is 0.0206. The van der Waals surface area contributed by atoms with Crippen molar-refractivity contribution in [1.82, 2.24) is 9.47 Å². The molecule has 1 aromatic heterocycles. The zero-order chi connectivity index (χ0) is 18.2. The Morgan fingerprint density at radius 1 is 1.36 bits per heavy atom. The number of carbonyl (C=O) groups excluding carboxylic acids is 1. The van der Waals surface area contributed by atoms with Gasteiger partial charge in [0.25, 0.3) is 0 Å². The van der Waals surface area contributed by atoms with Crippen LogP contribution in [0, 0.1) is 0 Å². The van der Waals surface area contributed by atoms with Crippen LogP contribution < -0.4 is 11.1 Å². The summed E-state index contributed by atoms with van der Waals surface area (Å²) in [6, 6.07) is 5.73. The molecule has 7 nitrogen and oxygen atoms in total. The van der Waals surface area contributed by atoms with Gasteiger partial charge >= 0.3 is 11.8 Å². The molecule has 2 heterocycles. The number of aryl methyl sites for hydroxylation is 1. The molecule has 0 bridgehead atoms. The van der Waals surface area contributed by atoms with E-state index in [0.29, 0.717) is 18.7 Å². The van der Waals surface area contributed by atoms with E-state index in [2.05, 4.69) is 5.32 Å². The van der Waals surface area contributed by atoms with Gasteiger partial charge in [-0.2, -0.15) is 0 Å². The Hall–Kier alpha value is -2.44. The number of nitrogens with one attached hydrogen (secondary N) is 1. The van der Waals surface area contributed by atoms with Gasteiger partial charge in [0.1, 0.15) is 5.60 Å². The highest BCUT2D eigenvalue weighted by molar-refractivity contribution is 5.77. The first-order valence-electron chi connectivity index (χ1n) is 8.57. The van der Waals surface area contributed by atoms with Crippen molar-refractivity contribution in [1.29, 1.82) is 0 Å². The van der Waals surface area contributed by atoms with Gasteiger partial charge < -0.3 is 19.4 Å². The molecule has 0 aliphatic carbocycles. The largest absolute Gasteiger partial charge is 0.444 e. The minimum absolute atomic E-state index is 0.133. The smallest absolute Gasteiger partial charge is 0.419 e. The highest BCUT2D eigenvalue weighted by atomic mass is 16.6. The third-order valence-electron chi connectivity index (χ3n) is 4.24. The number of hydrogen-bond donors (Lipinski definition) is 1. The number of carbonyl (C=O) groups is 1. The average molecular weight is 347 g/mol. The van der Waals surface area contributed by atoms with E-state index in [9.17, 15) is 9.59 Å². The quantitative estimate of drug-likeness (QED) is 0.904. The van der Waals surface area contributed by atoms with Gasteiger partial charge in [-0.1, -0.05) is 0 Å². The maximum atomic E-state index is 12.3. The van der Waals surface area contributed by atoms with Crippen molar-refractivity contribution in [2.45, 2.75) is 45.3 Å². The van der Waals surface area contributed by atoms with Gasteiger partial charge in [-0.05, 0) is 45.7 Å². The number of fused-ring (bicyclic) bond motifs is 1. The molecule has 1 aliphatic heterocycles. The second-order valence-electron chi connectivity index (χ2n) is 7.52. The lowest BCUT2D eigenvalue weighted by Crippen LogP contribution is -2.46. The van der Waals surface area contributed by atoms with E-state index in [1.54, 1.807) is 11.9 Å². The fourth-order valence-corrected chi connectivity index (χ4v) is 3.05. The predicted octanol–water partition coefficient (Wildman–Crippen LogP) is 2.94. The Kier molecular flexibility index (Phi) is 4.49. The van der Waals surface area contributed by atoms with Crippen LogP contribution in [0.4, 0.5) is 10.5 Å². The van der Waals surface area contributed by atoms with Crippen LogP contribution in [0.15, 0.2) is 27.4 Å². The molecule has 7 heteroatoms. The lowest BCUT2D eigenvalue weighted by Gasteiger charge is -2.34. The van der Waals surface area contributed by atoms with Crippen LogP contribution in [0.2, 0.25) is 0 Å². The molecule has 25 heavy (non-hydrogen) atoms. The van der Waals surface area contributed by atoms with E-state index < -0.39 is 5.60 Å². The molecule has 1 aliphatic rings. The standard InChI is InChI=1S/C18H25N3O4/c1-18(2,3)25-17(23)21-9-5-6-13(11-21)19-12-7-8-14-15(10-12)24-16(22)20(14)4/h7-8,10,13,19H,5-6,9,11H2,1-4H3/t13-/m0/s1. The molecule has 0 radical (unpaired) electrons. The normalized spacial score (nSPS) is 18.4. The Labute approximate surface area is 146 Å². The Bertz CT molecular complexity index is 831. The summed E-state index contributed by atoms with van der Waals surface area (Å²) in [6.45, 7) is 6.90. The van der Waals surface area contributed by atoms with E-state index in [1.165, 1.54) is 4.57 Å². The van der Waals surface area contributed by atoms with Crippen molar-refractivity contribution in [2.24, 2.45) is 7.05 Å². The molecule has 0 saturated carbocycles. The molecule has 1 N–H and O–H groups in total. The minimum Gasteiger partial charge on any atom is -0.444 e. The number of hydrogen-bond acceptors (Lipinski definition) is 5. The van der Waals surface area contributed by atoms with E-state index in [1.807, 2.05) is 39.0 Å². The highest BCUT2D eigenvalue weighted by Gasteiger charge is 2.27. The van der Waals surface area contributed by atoms with Crippen LogP contribution in [-0.2, 0) is 11.8 Å². The molecule has 1 atom stereocenters. The van der Waals surface area contributed by atoms with Crippen LogP contribution in [0.5, 0.6) is 0 Å². The second-order valence-corrected chi connectivity index (χ2v) is 7.52. The number of likely N-dealkylation sites (tertiary alicyclic amines) is 1. The van der Waals surface area contributed by atoms with Crippen LogP contribution in [0.25, 0.3) is 11.1 Å². The Balaban J connectivity index is 1.68. The van der Waals surface area contributed by atoms with E-state index in [-0.39, 0.29) is 17.9 Å². The predicted molar refractivity (Wildman–Crippen MR) is 95.9 cm³/mol. The van der Waals surface area contributed by atoms with Gasteiger partial charge in [0, 0.05) is 37.9 Å². The SMILES string of the molecule is Cn1c(=O)oc2cc(N[C@H]3CCCN(C(=O)OC(C)(C)C)C3)ccc21. The third-order valence-corrected chi connectivity index (χ3v) is 4.24. The molecular formula is C18H25N3O4. The van der Waals surface area contributed by atoms with Crippen molar-refractivity contribution >= 4 is 22.9 Å². The highest BCUT2D eigenvalue weighted by Crippen LogP contribution is 2.22.